The number of carbonyl (C=O) groups excluding carboxylic acids is 3. The molecule has 3 rings (SSSR count). The predicted molar refractivity (Wildman–Crippen MR) is 129 cm³/mol. The molecule has 186 valence electrons. The van der Waals surface area contributed by atoms with Crippen LogP contribution < -0.4 is 16.6 Å². The van der Waals surface area contributed by atoms with E-state index in [0.29, 0.717) is 29.6 Å². The van der Waals surface area contributed by atoms with Gasteiger partial charge in [-0.3, -0.25) is 24.3 Å². The van der Waals surface area contributed by atoms with Gasteiger partial charge in [-0.05, 0) is 42.5 Å². The third-order valence-corrected chi connectivity index (χ3v) is 4.39. The molecule has 1 aromatic carbocycles. The Morgan fingerprint density at radius 2 is 1.85 bits per heavy atom. The second kappa shape index (κ2) is 17.5. The first-order chi connectivity index (χ1) is 16.5. The van der Waals surface area contributed by atoms with Crippen LogP contribution in [-0.4, -0.2) is 40.7 Å². The van der Waals surface area contributed by atoms with E-state index in [2.05, 4.69) is 32.1 Å². The first-order valence-corrected chi connectivity index (χ1v) is 10.7. The number of rotatable bonds is 8. The number of aryl methyl sites for hydroxylation is 2. The number of anilines is 1. The normalized spacial score (nSPS) is 9.29. The van der Waals surface area contributed by atoms with Crippen LogP contribution in [-0.2, 0) is 27.4 Å². The van der Waals surface area contributed by atoms with Crippen LogP contribution in [0.5, 0.6) is 0 Å². The summed E-state index contributed by atoms with van der Waals surface area (Å²) in [7, 11) is 0. The van der Waals surface area contributed by atoms with Crippen LogP contribution in [0.2, 0.25) is 0 Å². The third kappa shape index (κ3) is 9.63. The van der Waals surface area contributed by atoms with Crippen LogP contribution in [0.1, 0.15) is 55.1 Å². The van der Waals surface area contributed by atoms with Crippen molar-refractivity contribution in [2.75, 3.05) is 12.3 Å². The molecule has 0 radical (unpaired) electrons. The minimum atomic E-state index is -0.292. The zero-order valence-electron chi connectivity index (χ0n) is 19.7. The molecule has 5 N–H and O–H groups in total. The van der Waals surface area contributed by atoms with Crippen molar-refractivity contribution in [2.45, 2.75) is 46.5 Å². The topological polar surface area (TPSA) is 160 Å². The van der Waals surface area contributed by atoms with E-state index in [0.717, 1.165) is 30.4 Å². The van der Waals surface area contributed by atoms with E-state index in [9.17, 15) is 14.1 Å². The lowest BCUT2D eigenvalue weighted by Gasteiger charge is -2.06. The molecule has 0 bridgehead atoms. The number of halogens is 1. The molecule has 0 aliphatic carbocycles. The van der Waals surface area contributed by atoms with Gasteiger partial charge in [0.1, 0.15) is 12.4 Å². The monoisotopic (exact) mass is 477 g/mol. The van der Waals surface area contributed by atoms with E-state index < -0.39 is 0 Å². The SMILES string of the molecule is C=O.CC.CCCCNC(=O)c1ccc(CCc2c[nH]c3nc(N)[nH]c(=O)c23)cc1.O=COF. The minimum Gasteiger partial charge on any atom is -0.369 e. The predicted octanol–water partition coefficient (Wildman–Crippen LogP) is 3.03. The Morgan fingerprint density at radius 3 is 2.41 bits per heavy atom. The fourth-order valence-corrected chi connectivity index (χ4v) is 2.90. The number of hydrogen-bond acceptors (Lipinski definition) is 7. The number of fused-ring (bicyclic) bond motifs is 1. The number of amides is 1. The highest BCUT2D eigenvalue weighted by Crippen LogP contribution is 2.16. The zero-order valence-corrected chi connectivity index (χ0v) is 19.7. The van der Waals surface area contributed by atoms with Gasteiger partial charge in [-0.2, -0.15) is 4.98 Å². The molecular weight excluding hydrogens is 445 g/mol. The summed E-state index contributed by atoms with van der Waals surface area (Å²) in [6.07, 6.45) is 5.28. The van der Waals surface area contributed by atoms with Crippen LogP contribution >= 0.6 is 0 Å². The summed E-state index contributed by atoms with van der Waals surface area (Å²) in [5.41, 5.74) is 8.48. The molecule has 3 aromatic rings. The van der Waals surface area contributed by atoms with Crippen molar-refractivity contribution in [1.29, 1.82) is 0 Å². The molecule has 10 nitrogen and oxygen atoms in total. The van der Waals surface area contributed by atoms with Crippen molar-refractivity contribution in [1.82, 2.24) is 20.3 Å². The molecule has 2 aromatic heterocycles. The van der Waals surface area contributed by atoms with E-state index in [4.69, 9.17) is 15.3 Å². The molecule has 0 atom stereocenters. The van der Waals surface area contributed by atoms with E-state index in [1.807, 2.05) is 44.9 Å². The Kier molecular flexibility index (Phi) is 15.5. The van der Waals surface area contributed by atoms with Gasteiger partial charge in [0, 0.05) is 22.8 Å². The van der Waals surface area contributed by atoms with Crippen molar-refractivity contribution in [2.24, 2.45) is 0 Å². The minimum absolute atomic E-state index is 0.0446. The zero-order chi connectivity index (χ0) is 25.9. The van der Waals surface area contributed by atoms with Crippen molar-refractivity contribution >= 4 is 36.2 Å². The van der Waals surface area contributed by atoms with Gasteiger partial charge in [0.05, 0.1) is 5.39 Å². The van der Waals surface area contributed by atoms with Crippen LogP contribution in [0, 0.1) is 0 Å². The number of aromatic nitrogens is 3. The van der Waals surface area contributed by atoms with Crippen LogP contribution in [0.15, 0.2) is 35.3 Å². The van der Waals surface area contributed by atoms with Gasteiger partial charge in [-0.15, -0.1) is 0 Å². The lowest BCUT2D eigenvalue weighted by atomic mass is 10.0. The highest BCUT2D eigenvalue weighted by atomic mass is 19.3. The largest absolute Gasteiger partial charge is 0.369 e. The smallest absolute Gasteiger partial charge is 0.337 e. The van der Waals surface area contributed by atoms with E-state index >= 15 is 0 Å². The summed E-state index contributed by atoms with van der Waals surface area (Å²) < 4.78 is 9.85. The maximum absolute atomic E-state index is 12.1. The first kappa shape index (κ1) is 30.0. The van der Waals surface area contributed by atoms with E-state index in [1.165, 1.54) is 0 Å². The molecule has 1 amide bonds. The molecule has 0 unspecified atom stereocenters. The number of aromatic amines is 2. The Bertz CT molecular complexity index is 1050. The summed E-state index contributed by atoms with van der Waals surface area (Å²) >= 11 is 0. The number of carbonyl (C=O) groups is 3. The average molecular weight is 478 g/mol. The van der Waals surface area contributed by atoms with Gasteiger partial charge in [0.25, 0.3) is 11.5 Å². The fraction of sp³-hybridized carbons (Fsp3) is 0.348. The molecule has 0 saturated heterocycles. The number of nitrogen functional groups attached to an aromatic ring is 1. The number of unbranched alkanes of at least 4 members (excludes halogenated alkanes) is 1. The number of nitrogens with zero attached hydrogens (tertiary/aromatic N) is 1. The van der Waals surface area contributed by atoms with Gasteiger partial charge in [-0.1, -0.05) is 39.3 Å². The van der Waals surface area contributed by atoms with Gasteiger partial charge in [0.15, 0.2) is 0 Å². The van der Waals surface area contributed by atoms with Crippen molar-refractivity contribution in [3.63, 3.8) is 0 Å². The molecule has 2 heterocycles. The Labute approximate surface area is 197 Å². The lowest BCUT2D eigenvalue weighted by molar-refractivity contribution is -0.165. The van der Waals surface area contributed by atoms with E-state index in [-0.39, 0.29) is 23.9 Å². The summed E-state index contributed by atoms with van der Waals surface area (Å²) in [4.78, 5) is 52.6. The number of nitrogens with two attached hydrogens (primary N) is 1. The molecule has 34 heavy (non-hydrogen) atoms. The highest BCUT2D eigenvalue weighted by Gasteiger charge is 2.10. The Hall–Kier alpha value is -4.02. The van der Waals surface area contributed by atoms with Gasteiger partial charge in [-0.25, -0.2) is 0 Å². The average Bonchev–Trinajstić information content (AvgIpc) is 3.29. The quantitative estimate of drug-likeness (QED) is 0.286. The molecular formula is C23H32FN5O5. The second-order valence-corrected chi connectivity index (χ2v) is 6.48. The molecule has 11 heteroatoms. The Morgan fingerprint density at radius 1 is 1.24 bits per heavy atom. The Balaban J connectivity index is 0.00000121. The maximum Gasteiger partial charge on any atom is 0.337 e. The van der Waals surface area contributed by atoms with Crippen LogP contribution in [0.3, 0.4) is 0 Å². The second-order valence-electron chi connectivity index (χ2n) is 6.48. The molecule has 0 saturated carbocycles. The van der Waals surface area contributed by atoms with Crippen LogP contribution in [0.4, 0.5) is 10.5 Å². The maximum atomic E-state index is 12.1. The number of H-pyrrole nitrogens is 2. The number of nitrogens with one attached hydrogen (secondary N) is 3. The van der Waals surface area contributed by atoms with Crippen molar-refractivity contribution in [3.8, 4) is 0 Å². The summed E-state index contributed by atoms with van der Waals surface area (Å²) in [5, 5.41) is 3.45. The molecule has 0 aliphatic heterocycles. The number of hydrogen-bond donors (Lipinski definition) is 4. The fourth-order valence-electron chi connectivity index (χ4n) is 2.90. The first-order valence-electron chi connectivity index (χ1n) is 10.7. The summed E-state index contributed by atoms with van der Waals surface area (Å²) in [6, 6.07) is 7.57. The van der Waals surface area contributed by atoms with Crippen molar-refractivity contribution < 1.29 is 23.9 Å². The molecule has 0 fully saturated rings. The highest BCUT2D eigenvalue weighted by molar-refractivity contribution is 5.94. The standard InChI is InChI=1S/C19H23N5O2.C2H6.CHFO2.CH2O/c1-2-3-10-21-17(25)13-7-4-12(5-8-13)6-9-14-11-22-16-15(14)18(26)24-19(20)23-16;1-2;2-4-1-3;1-2/h4-5,7-8,11H,2-3,6,9-10H2,1H3,(H,21,25)(H4,20,22,23,24,26);1-2H3;1H;1H2. The lowest BCUT2D eigenvalue weighted by Crippen LogP contribution is -2.24. The molecule has 0 spiro atoms. The van der Waals surface area contributed by atoms with Crippen molar-refractivity contribution in [3.05, 3.63) is 57.5 Å². The van der Waals surface area contributed by atoms with Gasteiger partial charge in [0.2, 0.25) is 5.95 Å². The van der Waals surface area contributed by atoms with Crippen LogP contribution in [0.25, 0.3) is 11.0 Å². The van der Waals surface area contributed by atoms with Gasteiger partial charge < -0.3 is 20.8 Å². The molecule has 0 aliphatic rings. The van der Waals surface area contributed by atoms with Gasteiger partial charge >= 0.3 is 6.47 Å². The summed E-state index contributed by atoms with van der Waals surface area (Å²) in [6.45, 7) is 8.50. The van der Waals surface area contributed by atoms with E-state index in [1.54, 1.807) is 6.20 Å². The summed E-state index contributed by atoms with van der Waals surface area (Å²) in [5.74, 6) is 0.0560. The third-order valence-electron chi connectivity index (χ3n) is 4.39. The number of benzene rings is 1.